The summed E-state index contributed by atoms with van der Waals surface area (Å²) >= 11 is 0. The summed E-state index contributed by atoms with van der Waals surface area (Å²) in [5, 5.41) is 5.07. The molecule has 166 valence electrons. The predicted molar refractivity (Wildman–Crippen MR) is 113 cm³/mol. The molecule has 32 heavy (non-hydrogen) atoms. The van der Waals surface area contributed by atoms with E-state index >= 15 is 0 Å². The molecule has 3 unspecified atom stereocenters. The fraction of sp³-hybridized carbons (Fsp3) is 0.348. The summed E-state index contributed by atoms with van der Waals surface area (Å²) in [7, 11) is 0. The fourth-order valence-electron chi connectivity index (χ4n) is 4.00. The molecule has 0 radical (unpaired) electrons. The Kier molecular flexibility index (Phi) is 5.89. The van der Waals surface area contributed by atoms with Gasteiger partial charge in [0.1, 0.15) is 12.1 Å². The number of carbonyl (C=O) groups excluding carboxylic acids is 4. The van der Waals surface area contributed by atoms with Crippen molar-refractivity contribution in [2.45, 2.75) is 51.4 Å². The van der Waals surface area contributed by atoms with Crippen LogP contribution >= 0.6 is 0 Å². The number of nitrogens with zero attached hydrogens (tertiary/aromatic N) is 2. The first-order valence-corrected chi connectivity index (χ1v) is 10.5. The zero-order valence-corrected chi connectivity index (χ0v) is 17.8. The van der Waals surface area contributed by atoms with E-state index in [9.17, 15) is 19.2 Å². The Morgan fingerprint density at radius 3 is 2.62 bits per heavy atom. The number of aromatic nitrogens is 1. The molecule has 1 saturated heterocycles. The molecule has 0 aliphatic carbocycles. The molecule has 1 aromatic carbocycles. The smallest absolute Gasteiger partial charge is 0.408 e. The second kappa shape index (κ2) is 8.78. The average Bonchev–Trinajstić information content (AvgIpc) is 3.10. The third-order valence-corrected chi connectivity index (χ3v) is 5.85. The molecule has 1 fully saturated rings. The molecule has 1 aromatic heterocycles. The summed E-state index contributed by atoms with van der Waals surface area (Å²) in [4.78, 5) is 54.3. The van der Waals surface area contributed by atoms with Crippen LogP contribution in [0.3, 0.4) is 0 Å². The molecule has 3 heterocycles. The van der Waals surface area contributed by atoms with Crippen LogP contribution in [0.2, 0.25) is 0 Å². The van der Waals surface area contributed by atoms with Gasteiger partial charge in [-0.2, -0.15) is 0 Å². The minimum atomic E-state index is -0.662. The van der Waals surface area contributed by atoms with Crippen molar-refractivity contribution in [3.05, 3.63) is 65.0 Å². The number of piperidine rings is 1. The summed E-state index contributed by atoms with van der Waals surface area (Å²) in [6.07, 6.45) is 2.68. The van der Waals surface area contributed by atoms with Gasteiger partial charge >= 0.3 is 6.09 Å². The Hall–Kier alpha value is -3.75. The summed E-state index contributed by atoms with van der Waals surface area (Å²) in [6, 6.07) is 8.04. The predicted octanol–water partition coefficient (Wildman–Crippen LogP) is 2.39. The number of pyridine rings is 1. The molecule has 4 amide bonds. The Balaban J connectivity index is 1.41. The van der Waals surface area contributed by atoms with Crippen LogP contribution in [0.5, 0.6) is 0 Å². The fourth-order valence-corrected chi connectivity index (χ4v) is 4.00. The molecule has 4 rings (SSSR count). The molecule has 2 N–H and O–H groups in total. The van der Waals surface area contributed by atoms with E-state index in [2.05, 4.69) is 15.6 Å². The van der Waals surface area contributed by atoms with Crippen molar-refractivity contribution in [2.75, 3.05) is 0 Å². The SMILES string of the molecule is CC(NC(=O)OC(C)c1ccc2c(c1)C(=O)N(C1CCC(=O)NC1=O)C2)c1ccncc1. The lowest BCUT2D eigenvalue weighted by Crippen LogP contribution is -2.52. The van der Waals surface area contributed by atoms with Gasteiger partial charge in [-0.1, -0.05) is 12.1 Å². The summed E-state index contributed by atoms with van der Waals surface area (Å²) in [6.45, 7) is 3.88. The zero-order valence-electron chi connectivity index (χ0n) is 17.8. The topological polar surface area (TPSA) is 118 Å². The molecule has 9 heteroatoms. The van der Waals surface area contributed by atoms with E-state index in [1.165, 1.54) is 4.90 Å². The lowest BCUT2D eigenvalue weighted by atomic mass is 10.0. The highest BCUT2D eigenvalue weighted by atomic mass is 16.6. The molecular weight excluding hydrogens is 412 g/mol. The number of nitrogens with one attached hydrogen (secondary N) is 2. The van der Waals surface area contributed by atoms with E-state index in [0.717, 1.165) is 11.1 Å². The van der Waals surface area contributed by atoms with Crippen LogP contribution in [0.1, 0.15) is 65.9 Å². The number of imide groups is 1. The van der Waals surface area contributed by atoms with E-state index in [1.54, 1.807) is 25.4 Å². The first-order chi connectivity index (χ1) is 15.3. The van der Waals surface area contributed by atoms with E-state index in [4.69, 9.17) is 4.74 Å². The molecule has 0 bridgehead atoms. The average molecular weight is 436 g/mol. The maximum Gasteiger partial charge on any atom is 0.408 e. The van der Waals surface area contributed by atoms with Gasteiger partial charge in [-0.15, -0.1) is 0 Å². The molecule has 0 saturated carbocycles. The molecule has 3 atom stereocenters. The van der Waals surface area contributed by atoms with Gasteiger partial charge in [-0.05, 0) is 55.2 Å². The first-order valence-electron chi connectivity index (χ1n) is 10.5. The van der Waals surface area contributed by atoms with Gasteiger partial charge < -0.3 is 15.0 Å². The van der Waals surface area contributed by atoms with Gasteiger partial charge in [0.15, 0.2) is 0 Å². The standard InChI is InChI=1S/C23H24N4O5/c1-13(15-7-9-24-10-8-15)25-23(31)32-14(2)16-3-4-17-12-27(22(30)18(17)11-16)19-5-6-20(28)26-21(19)29/h3-4,7-11,13-14,19H,5-6,12H2,1-2H3,(H,25,31)(H,26,28,29). The van der Waals surface area contributed by atoms with Crippen LogP contribution in [0.15, 0.2) is 42.7 Å². The normalized spacial score (nSPS) is 19.8. The van der Waals surface area contributed by atoms with Crippen molar-refractivity contribution in [2.24, 2.45) is 0 Å². The second-order valence-corrected chi connectivity index (χ2v) is 8.01. The highest BCUT2D eigenvalue weighted by Crippen LogP contribution is 2.30. The lowest BCUT2D eigenvalue weighted by molar-refractivity contribution is -0.136. The Bertz CT molecular complexity index is 1070. The van der Waals surface area contributed by atoms with Crippen LogP contribution in [0, 0.1) is 0 Å². The number of amides is 4. The lowest BCUT2D eigenvalue weighted by Gasteiger charge is -2.29. The number of benzene rings is 1. The number of hydrogen-bond donors (Lipinski definition) is 2. The van der Waals surface area contributed by atoms with Crippen molar-refractivity contribution in [3.8, 4) is 0 Å². The van der Waals surface area contributed by atoms with Crippen molar-refractivity contribution >= 4 is 23.8 Å². The van der Waals surface area contributed by atoms with Gasteiger partial charge in [-0.3, -0.25) is 24.7 Å². The quantitative estimate of drug-likeness (QED) is 0.695. The minimum absolute atomic E-state index is 0.208. The van der Waals surface area contributed by atoms with Gasteiger partial charge in [0.05, 0.1) is 6.04 Å². The Morgan fingerprint density at radius 2 is 1.91 bits per heavy atom. The number of hydrogen-bond acceptors (Lipinski definition) is 6. The van der Waals surface area contributed by atoms with Gasteiger partial charge in [0.25, 0.3) is 5.91 Å². The zero-order chi connectivity index (χ0) is 22.8. The third kappa shape index (κ3) is 4.32. The Labute approximate surface area is 185 Å². The van der Waals surface area contributed by atoms with Crippen LogP contribution in [0.25, 0.3) is 0 Å². The number of alkyl carbamates (subject to hydrolysis) is 1. The molecule has 2 aromatic rings. The van der Waals surface area contributed by atoms with Gasteiger partial charge in [0.2, 0.25) is 11.8 Å². The summed E-state index contributed by atoms with van der Waals surface area (Å²) < 4.78 is 5.50. The van der Waals surface area contributed by atoms with E-state index in [0.29, 0.717) is 24.1 Å². The largest absolute Gasteiger partial charge is 0.442 e. The maximum atomic E-state index is 13.0. The number of fused-ring (bicyclic) bond motifs is 1. The highest BCUT2D eigenvalue weighted by molar-refractivity contribution is 6.05. The first kappa shape index (κ1) is 21.5. The van der Waals surface area contributed by atoms with E-state index < -0.39 is 24.1 Å². The van der Waals surface area contributed by atoms with Crippen molar-refractivity contribution < 1.29 is 23.9 Å². The molecule has 2 aliphatic heterocycles. The molecular formula is C23H24N4O5. The third-order valence-electron chi connectivity index (χ3n) is 5.85. The summed E-state index contributed by atoms with van der Waals surface area (Å²) in [5.41, 5.74) is 2.86. The Morgan fingerprint density at radius 1 is 1.16 bits per heavy atom. The molecule has 9 nitrogen and oxygen atoms in total. The van der Waals surface area contributed by atoms with Gasteiger partial charge in [0, 0.05) is 30.9 Å². The number of ether oxygens (including phenoxy) is 1. The van der Waals surface area contributed by atoms with E-state index in [-0.39, 0.29) is 24.3 Å². The van der Waals surface area contributed by atoms with Crippen molar-refractivity contribution in [1.82, 2.24) is 20.5 Å². The van der Waals surface area contributed by atoms with Crippen molar-refractivity contribution in [1.29, 1.82) is 0 Å². The minimum Gasteiger partial charge on any atom is -0.442 e. The van der Waals surface area contributed by atoms with E-state index in [1.807, 2.05) is 31.2 Å². The number of rotatable bonds is 5. The molecule has 0 spiro atoms. The second-order valence-electron chi connectivity index (χ2n) is 8.01. The highest BCUT2D eigenvalue weighted by Gasteiger charge is 2.39. The van der Waals surface area contributed by atoms with Gasteiger partial charge in [-0.25, -0.2) is 4.79 Å². The summed E-state index contributed by atoms with van der Waals surface area (Å²) in [5.74, 6) is -1.03. The van der Waals surface area contributed by atoms with Crippen LogP contribution in [-0.4, -0.2) is 39.7 Å². The number of carbonyl (C=O) groups is 4. The van der Waals surface area contributed by atoms with Crippen molar-refractivity contribution in [3.63, 3.8) is 0 Å². The molecule has 2 aliphatic rings. The van der Waals surface area contributed by atoms with Crippen LogP contribution < -0.4 is 10.6 Å². The maximum absolute atomic E-state index is 13.0. The monoisotopic (exact) mass is 436 g/mol. The van der Waals surface area contributed by atoms with Crippen LogP contribution in [-0.2, 0) is 20.9 Å². The van der Waals surface area contributed by atoms with Crippen LogP contribution in [0.4, 0.5) is 4.79 Å².